The van der Waals surface area contributed by atoms with Gasteiger partial charge >= 0.3 is 0 Å². The van der Waals surface area contributed by atoms with Crippen molar-refractivity contribution in [3.8, 4) is 5.88 Å². The number of nitrogens with one attached hydrogen (secondary N) is 1. The van der Waals surface area contributed by atoms with Crippen LogP contribution >= 0.6 is 0 Å². The van der Waals surface area contributed by atoms with E-state index in [0.29, 0.717) is 5.88 Å². The predicted molar refractivity (Wildman–Crippen MR) is 56.8 cm³/mol. The number of methoxy groups -OCH3 is 1. The van der Waals surface area contributed by atoms with Crippen molar-refractivity contribution in [3.63, 3.8) is 0 Å². The molecule has 0 saturated heterocycles. The fourth-order valence-corrected chi connectivity index (χ4v) is 1.69. The molecule has 0 aliphatic carbocycles. The van der Waals surface area contributed by atoms with Crippen LogP contribution in [0.15, 0.2) is 12.1 Å². The van der Waals surface area contributed by atoms with Crippen molar-refractivity contribution in [2.75, 3.05) is 7.11 Å². The molecule has 0 spiro atoms. The van der Waals surface area contributed by atoms with Gasteiger partial charge in [0.2, 0.25) is 5.88 Å². The topological polar surface area (TPSA) is 37.9 Å². The quantitative estimate of drug-likeness (QED) is 0.789. The predicted octanol–water partition coefficient (Wildman–Crippen LogP) is 2.44. The summed E-state index contributed by atoms with van der Waals surface area (Å²) in [6.45, 7) is 4.22. The lowest BCUT2D eigenvalue weighted by Crippen LogP contribution is -1.87. The van der Waals surface area contributed by atoms with Gasteiger partial charge in [-0.2, -0.15) is 0 Å². The minimum absolute atomic E-state index is 0.669. The fourth-order valence-electron chi connectivity index (χ4n) is 1.69. The minimum Gasteiger partial charge on any atom is -0.481 e. The van der Waals surface area contributed by atoms with E-state index in [1.54, 1.807) is 7.11 Å². The van der Waals surface area contributed by atoms with E-state index >= 15 is 0 Å². The fraction of sp³-hybridized carbons (Fsp3) is 0.364. The average Bonchev–Trinajstić information content (AvgIpc) is 2.55. The molecule has 0 amide bonds. The second kappa shape index (κ2) is 3.33. The summed E-state index contributed by atoms with van der Waals surface area (Å²) in [6.07, 6.45) is 1.00. The van der Waals surface area contributed by atoms with Crippen molar-refractivity contribution < 1.29 is 4.74 Å². The lowest BCUT2D eigenvalue weighted by molar-refractivity contribution is 0.399. The van der Waals surface area contributed by atoms with Crippen LogP contribution in [-0.4, -0.2) is 17.1 Å². The molecule has 0 unspecified atom stereocenters. The van der Waals surface area contributed by atoms with Crippen LogP contribution in [0.5, 0.6) is 5.88 Å². The summed E-state index contributed by atoms with van der Waals surface area (Å²) in [4.78, 5) is 7.76. The molecule has 0 aliphatic heterocycles. The number of nitrogens with zero attached hydrogens (tertiary/aromatic N) is 1. The molecular formula is C11H14N2O. The van der Waals surface area contributed by atoms with Crippen LogP contribution in [0.1, 0.15) is 18.2 Å². The summed E-state index contributed by atoms with van der Waals surface area (Å²) in [5.74, 6) is 0.669. The molecule has 2 heterocycles. The van der Waals surface area contributed by atoms with Gasteiger partial charge in [-0.3, -0.25) is 0 Å². The first-order valence-electron chi connectivity index (χ1n) is 4.78. The second-order valence-electron chi connectivity index (χ2n) is 3.33. The maximum Gasteiger partial charge on any atom is 0.213 e. The SMILES string of the molecule is CCc1[nH]c2ccc(OC)nc2c1C. The molecule has 0 radical (unpaired) electrons. The van der Waals surface area contributed by atoms with Gasteiger partial charge in [-0.15, -0.1) is 0 Å². The molecule has 14 heavy (non-hydrogen) atoms. The molecule has 0 bridgehead atoms. The standard InChI is InChI=1S/C11H14N2O/c1-4-8-7(2)11-9(12-8)5-6-10(13-11)14-3/h5-6,12H,4H2,1-3H3. The van der Waals surface area contributed by atoms with Crippen molar-refractivity contribution in [3.05, 3.63) is 23.4 Å². The van der Waals surface area contributed by atoms with Crippen molar-refractivity contribution in [1.82, 2.24) is 9.97 Å². The zero-order valence-corrected chi connectivity index (χ0v) is 8.72. The van der Waals surface area contributed by atoms with Gasteiger partial charge in [-0.1, -0.05) is 6.92 Å². The number of pyridine rings is 1. The molecule has 2 aromatic heterocycles. The van der Waals surface area contributed by atoms with Gasteiger partial charge < -0.3 is 9.72 Å². The average molecular weight is 190 g/mol. The summed E-state index contributed by atoms with van der Waals surface area (Å²) in [5, 5.41) is 0. The van der Waals surface area contributed by atoms with Crippen molar-refractivity contribution in [1.29, 1.82) is 0 Å². The number of fused-ring (bicyclic) bond motifs is 1. The van der Waals surface area contributed by atoms with Crippen LogP contribution in [0.2, 0.25) is 0 Å². The maximum absolute atomic E-state index is 5.10. The third-order valence-corrected chi connectivity index (χ3v) is 2.53. The second-order valence-corrected chi connectivity index (χ2v) is 3.33. The monoisotopic (exact) mass is 190 g/mol. The summed E-state index contributed by atoms with van der Waals surface area (Å²) in [7, 11) is 1.64. The van der Waals surface area contributed by atoms with Crippen LogP contribution in [0.3, 0.4) is 0 Å². The number of hydrogen-bond acceptors (Lipinski definition) is 2. The number of rotatable bonds is 2. The van der Waals surface area contributed by atoms with Gasteiger partial charge in [0.1, 0.15) is 0 Å². The number of hydrogen-bond donors (Lipinski definition) is 1. The Hall–Kier alpha value is -1.51. The lowest BCUT2D eigenvalue weighted by atomic mass is 10.2. The number of H-pyrrole nitrogens is 1. The van der Waals surface area contributed by atoms with Gasteiger partial charge in [-0.25, -0.2) is 4.98 Å². The summed E-state index contributed by atoms with van der Waals surface area (Å²) in [5.41, 5.74) is 4.57. The summed E-state index contributed by atoms with van der Waals surface area (Å²) >= 11 is 0. The zero-order chi connectivity index (χ0) is 10.1. The lowest BCUT2D eigenvalue weighted by Gasteiger charge is -1.97. The Balaban J connectivity index is 2.68. The van der Waals surface area contributed by atoms with Crippen LogP contribution in [0.4, 0.5) is 0 Å². The number of aromatic nitrogens is 2. The smallest absolute Gasteiger partial charge is 0.213 e. The highest BCUT2D eigenvalue weighted by atomic mass is 16.5. The first kappa shape index (κ1) is 9.06. The highest BCUT2D eigenvalue weighted by molar-refractivity contribution is 5.80. The van der Waals surface area contributed by atoms with Gasteiger partial charge in [-0.05, 0) is 25.0 Å². The Labute approximate surface area is 83.1 Å². The van der Waals surface area contributed by atoms with E-state index in [0.717, 1.165) is 17.5 Å². The minimum atomic E-state index is 0.669. The molecule has 0 atom stereocenters. The number of ether oxygens (including phenoxy) is 1. The van der Waals surface area contributed by atoms with E-state index in [2.05, 4.69) is 23.8 Å². The molecule has 2 aromatic rings. The first-order chi connectivity index (χ1) is 6.76. The van der Waals surface area contributed by atoms with Gasteiger partial charge in [0.15, 0.2) is 0 Å². The molecule has 3 nitrogen and oxygen atoms in total. The molecule has 0 fully saturated rings. The molecule has 74 valence electrons. The third kappa shape index (κ3) is 1.25. The maximum atomic E-state index is 5.10. The van der Waals surface area contributed by atoms with Crippen LogP contribution in [0, 0.1) is 6.92 Å². The van der Waals surface area contributed by atoms with Crippen molar-refractivity contribution in [2.24, 2.45) is 0 Å². The Morgan fingerprint density at radius 1 is 1.43 bits per heavy atom. The Morgan fingerprint density at radius 2 is 2.21 bits per heavy atom. The Kier molecular flexibility index (Phi) is 2.15. The molecule has 1 N–H and O–H groups in total. The highest BCUT2D eigenvalue weighted by Crippen LogP contribution is 2.22. The molecular weight excluding hydrogens is 176 g/mol. The highest BCUT2D eigenvalue weighted by Gasteiger charge is 2.07. The van der Waals surface area contributed by atoms with E-state index in [1.807, 2.05) is 12.1 Å². The van der Waals surface area contributed by atoms with E-state index in [4.69, 9.17) is 4.74 Å². The molecule has 0 aliphatic rings. The van der Waals surface area contributed by atoms with E-state index < -0.39 is 0 Å². The summed E-state index contributed by atoms with van der Waals surface area (Å²) < 4.78 is 5.10. The van der Waals surface area contributed by atoms with E-state index in [-0.39, 0.29) is 0 Å². The largest absolute Gasteiger partial charge is 0.481 e. The van der Waals surface area contributed by atoms with Crippen molar-refractivity contribution in [2.45, 2.75) is 20.3 Å². The number of aryl methyl sites for hydroxylation is 2. The molecule has 3 heteroatoms. The van der Waals surface area contributed by atoms with Gasteiger partial charge in [0.05, 0.1) is 18.1 Å². The zero-order valence-electron chi connectivity index (χ0n) is 8.72. The molecule has 0 aromatic carbocycles. The Morgan fingerprint density at radius 3 is 2.86 bits per heavy atom. The van der Waals surface area contributed by atoms with Crippen LogP contribution < -0.4 is 4.74 Å². The van der Waals surface area contributed by atoms with Crippen LogP contribution in [-0.2, 0) is 6.42 Å². The number of aromatic amines is 1. The van der Waals surface area contributed by atoms with Gasteiger partial charge in [0.25, 0.3) is 0 Å². The third-order valence-electron chi connectivity index (χ3n) is 2.53. The first-order valence-corrected chi connectivity index (χ1v) is 4.78. The summed E-state index contributed by atoms with van der Waals surface area (Å²) in [6, 6.07) is 3.88. The normalized spacial score (nSPS) is 10.8. The molecule has 0 saturated carbocycles. The van der Waals surface area contributed by atoms with E-state index in [9.17, 15) is 0 Å². The van der Waals surface area contributed by atoms with E-state index in [1.165, 1.54) is 11.3 Å². The Bertz CT molecular complexity index is 460. The van der Waals surface area contributed by atoms with Crippen molar-refractivity contribution >= 4 is 11.0 Å². The van der Waals surface area contributed by atoms with Crippen LogP contribution in [0.25, 0.3) is 11.0 Å². The molecule has 2 rings (SSSR count). The van der Waals surface area contributed by atoms with Gasteiger partial charge in [0, 0.05) is 11.8 Å².